The molecule has 33 heavy (non-hydrogen) atoms. The predicted octanol–water partition coefficient (Wildman–Crippen LogP) is 2.33. The molecule has 2 aromatic rings. The Balaban J connectivity index is 1.44. The Morgan fingerprint density at radius 3 is 2.48 bits per heavy atom. The van der Waals surface area contributed by atoms with Gasteiger partial charge in [-0.1, -0.05) is 0 Å². The molecule has 2 unspecified atom stereocenters. The second-order valence-corrected chi connectivity index (χ2v) is 10.5. The fourth-order valence-electron chi connectivity index (χ4n) is 4.63. The number of carbonyl (C=O) groups excluding carboxylic acids is 1. The maximum Gasteiger partial charge on any atom is 0.319 e. The smallest absolute Gasteiger partial charge is 0.319 e. The molecule has 0 radical (unpaired) electrons. The number of aromatic nitrogens is 2. The quantitative estimate of drug-likeness (QED) is 0.677. The molecule has 0 saturated carbocycles. The van der Waals surface area contributed by atoms with Crippen LogP contribution in [0.25, 0.3) is 11.4 Å². The Morgan fingerprint density at radius 2 is 1.82 bits per heavy atom. The van der Waals surface area contributed by atoms with Gasteiger partial charge >= 0.3 is 6.03 Å². The Bertz CT molecular complexity index is 1160. The Hall–Kier alpha value is -2.86. The molecule has 2 N–H and O–H groups in total. The van der Waals surface area contributed by atoms with Gasteiger partial charge in [-0.2, -0.15) is 0 Å². The number of amides is 2. The number of hydrogen-bond donors (Lipinski definition) is 2. The summed E-state index contributed by atoms with van der Waals surface area (Å²) in [6.07, 6.45) is -0.686. The van der Waals surface area contributed by atoms with Gasteiger partial charge in [0.25, 0.3) is 6.43 Å². The molecule has 3 aliphatic heterocycles. The zero-order chi connectivity index (χ0) is 23.2. The minimum Gasteiger partial charge on any atom is -0.377 e. The van der Waals surface area contributed by atoms with Gasteiger partial charge in [0.15, 0.2) is 15.7 Å². The average Bonchev–Trinajstić information content (AvgIpc) is 3.21. The van der Waals surface area contributed by atoms with Crippen molar-refractivity contribution in [2.45, 2.75) is 42.9 Å². The van der Waals surface area contributed by atoms with Gasteiger partial charge in [0, 0.05) is 16.8 Å². The van der Waals surface area contributed by atoms with Crippen LogP contribution in [-0.2, 0) is 26.1 Å². The lowest BCUT2D eigenvalue weighted by Gasteiger charge is -2.36. The fourth-order valence-corrected chi connectivity index (χ4v) is 6.12. The topological polar surface area (TPSA) is 114 Å². The maximum atomic E-state index is 12.4. The lowest BCUT2D eigenvalue weighted by Crippen LogP contribution is -2.47. The van der Waals surface area contributed by atoms with Crippen LogP contribution < -0.4 is 15.5 Å². The summed E-state index contributed by atoms with van der Waals surface area (Å²) in [5.41, 5.74) is 2.27. The lowest BCUT2D eigenvalue weighted by atomic mass is 10.1. The Kier molecular flexibility index (Phi) is 5.65. The molecule has 2 amide bonds. The number of morpholine rings is 1. The first kappa shape index (κ1) is 22.0. The fraction of sp³-hybridized carbons (Fsp3) is 0.476. The van der Waals surface area contributed by atoms with E-state index in [0.717, 1.165) is 12.8 Å². The number of nitrogens with zero attached hydrogens (tertiary/aromatic N) is 3. The summed E-state index contributed by atoms with van der Waals surface area (Å²) in [6, 6.07) is 6.23. The van der Waals surface area contributed by atoms with Gasteiger partial charge in [-0.05, 0) is 37.1 Å². The molecule has 1 aromatic heterocycles. The van der Waals surface area contributed by atoms with Crippen molar-refractivity contribution in [1.29, 1.82) is 0 Å². The van der Waals surface area contributed by atoms with E-state index < -0.39 is 28.8 Å². The van der Waals surface area contributed by atoms with Crippen LogP contribution in [0.1, 0.15) is 24.1 Å². The summed E-state index contributed by atoms with van der Waals surface area (Å²) in [7, 11) is -3.28. The molecule has 1 aromatic carbocycles. The largest absolute Gasteiger partial charge is 0.377 e. The number of carbonyl (C=O) groups is 1. The SMILES string of the molecule is O=C(NCC(F)F)Nc1ccc(-c2nc3c(c(N4C5CCC4COC5)n2)CS(=O)(=O)C3)cc1. The zero-order valence-corrected chi connectivity index (χ0v) is 18.4. The van der Waals surface area contributed by atoms with Crippen molar-refractivity contribution < 1.29 is 26.7 Å². The first-order chi connectivity index (χ1) is 15.8. The summed E-state index contributed by atoms with van der Waals surface area (Å²) >= 11 is 0. The number of sulfone groups is 1. The Morgan fingerprint density at radius 1 is 1.12 bits per heavy atom. The van der Waals surface area contributed by atoms with E-state index in [2.05, 4.69) is 20.5 Å². The molecule has 2 fully saturated rings. The summed E-state index contributed by atoms with van der Waals surface area (Å²) < 4.78 is 54.9. The van der Waals surface area contributed by atoms with E-state index in [-0.39, 0.29) is 23.6 Å². The number of ether oxygens (including phenoxy) is 1. The number of halogens is 2. The molecule has 176 valence electrons. The van der Waals surface area contributed by atoms with Crippen molar-refractivity contribution in [3.8, 4) is 11.4 Å². The summed E-state index contributed by atoms with van der Waals surface area (Å²) in [5, 5.41) is 4.56. The number of anilines is 2. The minimum absolute atomic E-state index is 0.0642. The molecule has 0 spiro atoms. The van der Waals surface area contributed by atoms with E-state index >= 15 is 0 Å². The van der Waals surface area contributed by atoms with Gasteiger partial charge in [-0.3, -0.25) is 0 Å². The maximum absolute atomic E-state index is 12.4. The number of fused-ring (bicyclic) bond motifs is 3. The van der Waals surface area contributed by atoms with Crippen molar-refractivity contribution in [1.82, 2.24) is 15.3 Å². The van der Waals surface area contributed by atoms with Gasteiger partial charge < -0.3 is 20.3 Å². The van der Waals surface area contributed by atoms with Gasteiger partial charge in [0.1, 0.15) is 5.82 Å². The van der Waals surface area contributed by atoms with E-state index in [0.29, 0.717) is 47.4 Å². The Labute approximate surface area is 189 Å². The third kappa shape index (κ3) is 4.49. The van der Waals surface area contributed by atoms with E-state index in [4.69, 9.17) is 9.72 Å². The summed E-state index contributed by atoms with van der Waals surface area (Å²) in [6.45, 7) is 0.443. The summed E-state index contributed by atoms with van der Waals surface area (Å²) in [5.74, 6) is 0.890. The highest BCUT2D eigenvalue weighted by Crippen LogP contribution is 2.39. The molecule has 2 atom stereocenters. The third-order valence-electron chi connectivity index (χ3n) is 6.09. The number of rotatable bonds is 5. The second kappa shape index (κ2) is 8.49. The molecular formula is C21H23F2N5O4S. The molecular weight excluding hydrogens is 456 g/mol. The van der Waals surface area contributed by atoms with Crippen LogP contribution in [0, 0.1) is 0 Å². The van der Waals surface area contributed by atoms with Crippen molar-refractivity contribution in [3.63, 3.8) is 0 Å². The van der Waals surface area contributed by atoms with Crippen molar-refractivity contribution in [2.75, 3.05) is 30.0 Å². The van der Waals surface area contributed by atoms with Crippen LogP contribution in [0.3, 0.4) is 0 Å². The number of benzene rings is 1. The van der Waals surface area contributed by atoms with E-state index in [1.807, 2.05) is 0 Å². The van der Waals surface area contributed by atoms with Crippen LogP contribution in [0.15, 0.2) is 24.3 Å². The molecule has 4 heterocycles. The van der Waals surface area contributed by atoms with E-state index in [1.54, 1.807) is 24.3 Å². The highest BCUT2D eigenvalue weighted by atomic mass is 32.2. The number of alkyl halides is 2. The van der Waals surface area contributed by atoms with Crippen molar-refractivity contribution in [3.05, 3.63) is 35.5 Å². The van der Waals surface area contributed by atoms with E-state index in [1.165, 1.54) is 0 Å². The normalized spacial score (nSPS) is 22.9. The molecule has 0 aliphatic carbocycles. The first-order valence-electron chi connectivity index (χ1n) is 10.7. The van der Waals surface area contributed by atoms with Crippen molar-refractivity contribution in [2.24, 2.45) is 0 Å². The lowest BCUT2D eigenvalue weighted by molar-refractivity contribution is 0.0901. The van der Waals surface area contributed by atoms with Gasteiger partial charge in [0.2, 0.25) is 0 Å². The molecule has 5 rings (SSSR count). The molecule has 2 bridgehead atoms. The van der Waals surface area contributed by atoms with Gasteiger partial charge in [-0.25, -0.2) is 32.0 Å². The highest BCUT2D eigenvalue weighted by Gasteiger charge is 2.42. The average molecular weight is 480 g/mol. The van der Waals surface area contributed by atoms with Gasteiger partial charge in [0.05, 0.1) is 49.0 Å². The number of hydrogen-bond acceptors (Lipinski definition) is 7. The third-order valence-corrected chi connectivity index (χ3v) is 7.54. The van der Waals surface area contributed by atoms with E-state index in [9.17, 15) is 22.0 Å². The van der Waals surface area contributed by atoms with Gasteiger partial charge in [-0.15, -0.1) is 0 Å². The first-order valence-corrected chi connectivity index (χ1v) is 12.5. The predicted molar refractivity (Wildman–Crippen MR) is 117 cm³/mol. The van der Waals surface area contributed by atoms with Crippen LogP contribution in [0.4, 0.5) is 25.1 Å². The van der Waals surface area contributed by atoms with Crippen LogP contribution in [0.2, 0.25) is 0 Å². The molecule has 12 heteroatoms. The second-order valence-electron chi connectivity index (χ2n) is 8.46. The molecule has 2 saturated heterocycles. The standard InChI is InChI=1S/C21H23F2N5O4S/c22-18(23)7-24-21(29)25-13-3-1-12(2-4-13)19-26-17-11-33(30,31)10-16(17)20(27-19)28-14-5-6-15(28)9-32-8-14/h1-4,14-15,18H,5-11H2,(H2,24,25,29). The van der Waals surface area contributed by atoms with Crippen LogP contribution in [-0.4, -0.2) is 62.7 Å². The molecule has 9 nitrogen and oxygen atoms in total. The van der Waals surface area contributed by atoms with Crippen molar-refractivity contribution >= 4 is 27.4 Å². The zero-order valence-electron chi connectivity index (χ0n) is 17.6. The minimum atomic E-state index is -3.28. The molecule has 3 aliphatic rings. The van der Waals surface area contributed by atoms with Crippen LogP contribution in [0.5, 0.6) is 0 Å². The highest BCUT2D eigenvalue weighted by molar-refractivity contribution is 7.90. The number of urea groups is 1. The van der Waals surface area contributed by atoms with Crippen LogP contribution >= 0.6 is 0 Å². The summed E-state index contributed by atoms with van der Waals surface area (Å²) in [4.78, 5) is 23.3. The number of nitrogens with one attached hydrogen (secondary N) is 2. The monoisotopic (exact) mass is 479 g/mol.